The van der Waals surface area contributed by atoms with E-state index in [9.17, 15) is 14.4 Å². The van der Waals surface area contributed by atoms with Crippen molar-refractivity contribution in [1.82, 2.24) is 20.6 Å². The van der Waals surface area contributed by atoms with Crippen molar-refractivity contribution in [3.8, 4) is 0 Å². The van der Waals surface area contributed by atoms with Gasteiger partial charge in [-0.25, -0.2) is 19.6 Å². The molecular formula is C12H16N4O5. The number of amides is 2. The van der Waals surface area contributed by atoms with Gasteiger partial charge in [-0.1, -0.05) is 0 Å². The largest absolute Gasteiger partial charge is 0.481 e. The lowest BCUT2D eigenvalue weighted by molar-refractivity contribution is -0.140. The summed E-state index contributed by atoms with van der Waals surface area (Å²) >= 11 is 0. The third-order valence-corrected chi connectivity index (χ3v) is 2.51. The Kier molecular flexibility index (Phi) is 6.05. The first-order chi connectivity index (χ1) is 9.88. The van der Waals surface area contributed by atoms with Crippen LogP contribution in [0.1, 0.15) is 24.4 Å². The molecule has 2 amide bonds. The van der Waals surface area contributed by atoms with Crippen molar-refractivity contribution in [3.05, 3.63) is 23.8 Å². The van der Waals surface area contributed by atoms with Crippen LogP contribution >= 0.6 is 0 Å². The number of carboxylic acid groups (broad SMARTS) is 2. The van der Waals surface area contributed by atoms with Crippen molar-refractivity contribution < 1.29 is 24.6 Å². The number of hydrogen-bond donors (Lipinski definition) is 4. The average Bonchev–Trinajstić information content (AvgIpc) is 2.40. The van der Waals surface area contributed by atoms with E-state index in [1.165, 1.54) is 0 Å². The van der Waals surface area contributed by atoms with E-state index in [0.29, 0.717) is 11.5 Å². The molecule has 0 saturated carbocycles. The number of aliphatic carboxylic acids is 2. The number of rotatable bonds is 7. The van der Waals surface area contributed by atoms with Crippen LogP contribution < -0.4 is 10.6 Å². The van der Waals surface area contributed by atoms with E-state index >= 15 is 0 Å². The third-order valence-electron chi connectivity index (χ3n) is 2.51. The Morgan fingerprint density at radius 1 is 1.33 bits per heavy atom. The molecule has 1 aromatic rings. The summed E-state index contributed by atoms with van der Waals surface area (Å²) in [5.41, 5.74) is 0.579. The summed E-state index contributed by atoms with van der Waals surface area (Å²) in [5.74, 6) is -1.86. The number of carboxylic acids is 2. The van der Waals surface area contributed by atoms with Crippen LogP contribution in [0.3, 0.4) is 0 Å². The van der Waals surface area contributed by atoms with Gasteiger partial charge in [0.2, 0.25) is 0 Å². The van der Waals surface area contributed by atoms with E-state index in [0.717, 1.165) is 0 Å². The number of aryl methyl sites for hydroxylation is 1. The number of nitrogens with one attached hydrogen (secondary N) is 2. The van der Waals surface area contributed by atoms with Crippen molar-refractivity contribution in [2.24, 2.45) is 0 Å². The molecule has 114 valence electrons. The number of hydrogen-bond acceptors (Lipinski definition) is 5. The summed E-state index contributed by atoms with van der Waals surface area (Å²) < 4.78 is 0. The van der Waals surface area contributed by atoms with Crippen molar-refractivity contribution in [3.63, 3.8) is 0 Å². The predicted octanol–water partition coefficient (Wildman–Crippen LogP) is -0.0978. The maximum absolute atomic E-state index is 11.6. The Bertz CT molecular complexity index is 534. The van der Waals surface area contributed by atoms with Crippen LogP contribution in [0.25, 0.3) is 0 Å². The van der Waals surface area contributed by atoms with E-state index < -0.39 is 24.0 Å². The zero-order valence-electron chi connectivity index (χ0n) is 11.4. The van der Waals surface area contributed by atoms with Gasteiger partial charge in [0.25, 0.3) is 0 Å². The highest BCUT2D eigenvalue weighted by Gasteiger charge is 2.20. The van der Waals surface area contributed by atoms with Crippen molar-refractivity contribution >= 4 is 18.0 Å². The summed E-state index contributed by atoms with van der Waals surface area (Å²) in [6.45, 7) is 1.82. The van der Waals surface area contributed by atoms with Crippen molar-refractivity contribution in [2.75, 3.05) is 0 Å². The van der Waals surface area contributed by atoms with Gasteiger partial charge in [-0.05, 0) is 19.4 Å². The molecular weight excluding hydrogens is 280 g/mol. The molecule has 1 heterocycles. The van der Waals surface area contributed by atoms with E-state index in [2.05, 4.69) is 20.6 Å². The Morgan fingerprint density at radius 2 is 2.05 bits per heavy atom. The topological polar surface area (TPSA) is 142 Å². The second-order valence-electron chi connectivity index (χ2n) is 4.25. The monoisotopic (exact) mass is 296 g/mol. The van der Waals surface area contributed by atoms with Crippen LogP contribution in [-0.2, 0) is 16.1 Å². The van der Waals surface area contributed by atoms with Crippen molar-refractivity contribution in [1.29, 1.82) is 0 Å². The SMILES string of the molecule is Cc1nccc(CNC(=O)N[C@@H](CCC(=O)O)C(=O)O)n1. The molecule has 4 N–H and O–H groups in total. The maximum Gasteiger partial charge on any atom is 0.326 e. The lowest BCUT2D eigenvalue weighted by Gasteiger charge is -2.14. The molecule has 9 nitrogen and oxygen atoms in total. The number of nitrogens with zero attached hydrogens (tertiary/aromatic N) is 2. The average molecular weight is 296 g/mol. The maximum atomic E-state index is 11.6. The number of aromatic nitrogens is 2. The van der Waals surface area contributed by atoms with Gasteiger partial charge >= 0.3 is 18.0 Å². The molecule has 0 aliphatic rings. The molecule has 1 aromatic heterocycles. The first kappa shape index (κ1) is 16.3. The first-order valence-electron chi connectivity index (χ1n) is 6.16. The second-order valence-corrected chi connectivity index (χ2v) is 4.25. The molecule has 0 aliphatic carbocycles. The minimum absolute atomic E-state index is 0.112. The molecule has 0 aromatic carbocycles. The van der Waals surface area contributed by atoms with Gasteiger partial charge in [0.15, 0.2) is 0 Å². The normalized spacial score (nSPS) is 11.5. The fourth-order valence-electron chi connectivity index (χ4n) is 1.51. The highest BCUT2D eigenvalue weighted by Crippen LogP contribution is 1.98. The molecule has 21 heavy (non-hydrogen) atoms. The van der Waals surface area contributed by atoms with Crippen LogP contribution in [0.4, 0.5) is 4.79 Å². The summed E-state index contributed by atoms with van der Waals surface area (Å²) in [5, 5.41) is 22.1. The van der Waals surface area contributed by atoms with Gasteiger partial charge in [0, 0.05) is 12.6 Å². The van der Waals surface area contributed by atoms with Crippen LogP contribution in [0.2, 0.25) is 0 Å². The Labute approximate surface area is 120 Å². The lowest BCUT2D eigenvalue weighted by atomic mass is 10.1. The Hall–Kier alpha value is -2.71. The van der Waals surface area contributed by atoms with Crippen LogP contribution in [-0.4, -0.2) is 44.2 Å². The van der Waals surface area contributed by atoms with E-state index in [1.54, 1.807) is 19.2 Å². The molecule has 9 heteroatoms. The minimum Gasteiger partial charge on any atom is -0.481 e. The molecule has 0 saturated heterocycles. The number of urea groups is 1. The molecule has 0 fully saturated rings. The minimum atomic E-state index is -1.29. The zero-order chi connectivity index (χ0) is 15.8. The molecule has 1 rings (SSSR count). The predicted molar refractivity (Wildman–Crippen MR) is 70.4 cm³/mol. The highest BCUT2D eigenvalue weighted by atomic mass is 16.4. The Morgan fingerprint density at radius 3 is 2.62 bits per heavy atom. The summed E-state index contributed by atoms with van der Waals surface area (Å²) in [6, 6.07) is -0.343. The molecule has 1 atom stereocenters. The fraction of sp³-hybridized carbons (Fsp3) is 0.417. The molecule has 0 unspecified atom stereocenters. The summed E-state index contributed by atoms with van der Waals surface area (Å²) in [6.07, 6.45) is 1.01. The first-order valence-corrected chi connectivity index (χ1v) is 6.16. The number of carbonyl (C=O) groups excluding carboxylic acids is 1. The third kappa shape index (κ3) is 6.32. The summed E-state index contributed by atoms with van der Waals surface area (Å²) in [7, 11) is 0. The van der Waals surface area contributed by atoms with Gasteiger partial charge in [-0.2, -0.15) is 0 Å². The van der Waals surface area contributed by atoms with Gasteiger partial charge in [-0.3, -0.25) is 4.79 Å². The van der Waals surface area contributed by atoms with Gasteiger partial charge in [-0.15, -0.1) is 0 Å². The van der Waals surface area contributed by atoms with Crippen LogP contribution in [0.15, 0.2) is 12.3 Å². The second kappa shape index (κ2) is 7.78. The fourth-order valence-corrected chi connectivity index (χ4v) is 1.51. The Balaban J connectivity index is 2.46. The molecule has 0 aliphatic heterocycles. The highest BCUT2D eigenvalue weighted by molar-refractivity contribution is 5.82. The van der Waals surface area contributed by atoms with E-state index in [1.807, 2.05) is 0 Å². The molecule has 0 radical (unpaired) electrons. The van der Waals surface area contributed by atoms with Gasteiger partial charge < -0.3 is 20.8 Å². The molecule has 0 spiro atoms. The molecule has 0 bridgehead atoms. The van der Waals surface area contributed by atoms with Gasteiger partial charge in [0.1, 0.15) is 11.9 Å². The lowest BCUT2D eigenvalue weighted by Crippen LogP contribution is -2.46. The van der Waals surface area contributed by atoms with Crippen molar-refractivity contribution in [2.45, 2.75) is 32.4 Å². The van der Waals surface area contributed by atoms with Gasteiger partial charge in [0.05, 0.1) is 12.2 Å². The van der Waals surface area contributed by atoms with E-state index in [4.69, 9.17) is 10.2 Å². The number of carbonyl (C=O) groups is 3. The quantitative estimate of drug-likeness (QED) is 0.550. The smallest absolute Gasteiger partial charge is 0.326 e. The van der Waals surface area contributed by atoms with E-state index in [-0.39, 0.29) is 19.4 Å². The zero-order valence-corrected chi connectivity index (χ0v) is 11.4. The standard InChI is InChI=1S/C12H16N4O5/c1-7-13-5-4-8(15-7)6-14-12(21)16-9(11(19)20)2-3-10(17)18/h4-5,9H,2-3,6H2,1H3,(H,17,18)(H,19,20)(H2,14,16,21)/t9-/m0/s1. The summed E-state index contributed by atoms with van der Waals surface area (Å²) in [4.78, 5) is 40.9. The van der Waals surface area contributed by atoms with Crippen LogP contribution in [0, 0.1) is 6.92 Å². The van der Waals surface area contributed by atoms with Crippen LogP contribution in [0.5, 0.6) is 0 Å².